The Bertz CT molecular complexity index is 862. The first-order valence-electron chi connectivity index (χ1n) is 8.47. The molecule has 1 amide bonds. The normalized spacial score (nSPS) is 17.4. The van der Waals surface area contributed by atoms with Gasteiger partial charge in [-0.1, -0.05) is 19.1 Å². The summed E-state index contributed by atoms with van der Waals surface area (Å²) in [5, 5.41) is 2.62. The maximum atomic E-state index is 12.6. The Morgan fingerprint density at radius 2 is 2.04 bits per heavy atom. The summed E-state index contributed by atoms with van der Waals surface area (Å²) in [6.45, 7) is 5.08. The van der Waals surface area contributed by atoms with E-state index in [1.165, 1.54) is 6.07 Å². The molecule has 5 nitrogen and oxygen atoms in total. The fourth-order valence-electron chi connectivity index (χ4n) is 3.05. The molecule has 1 N–H and O–H groups in total. The van der Waals surface area contributed by atoms with Crippen LogP contribution in [0.3, 0.4) is 0 Å². The number of aryl methyl sites for hydroxylation is 1. The molecule has 0 fully saturated rings. The molecule has 3 rings (SSSR count). The van der Waals surface area contributed by atoms with Crippen molar-refractivity contribution in [1.29, 1.82) is 0 Å². The van der Waals surface area contributed by atoms with Gasteiger partial charge in [0.05, 0.1) is 11.9 Å². The third-order valence-electron chi connectivity index (χ3n) is 4.41. The number of nitrogens with one attached hydrogen (secondary N) is 1. The Morgan fingerprint density at radius 1 is 1.26 bits per heavy atom. The van der Waals surface area contributed by atoms with Gasteiger partial charge in [-0.15, -0.1) is 0 Å². The van der Waals surface area contributed by atoms with E-state index >= 15 is 0 Å². The summed E-state index contributed by atoms with van der Waals surface area (Å²) in [5.74, 6) is 0.496. The molecule has 1 aliphatic heterocycles. The zero-order chi connectivity index (χ0) is 19.6. The van der Waals surface area contributed by atoms with E-state index < -0.39 is 11.9 Å². The highest BCUT2D eigenvalue weighted by molar-refractivity contribution is 6.04. The second-order valence-electron chi connectivity index (χ2n) is 6.49. The molecule has 2 aromatic heterocycles. The van der Waals surface area contributed by atoms with E-state index in [4.69, 9.17) is 0 Å². The number of anilines is 2. The van der Waals surface area contributed by atoms with Crippen LogP contribution in [0.15, 0.2) is 48.3 Å². The molecule has 0 aromatic carbocycles. The number of aromatic nitrogens is 2. The maximum Gasteiger partial charge on any atom is 0.433 e. The molecule has 0 spiro atoms. The number of alkyl halides is 3. The van der Waals surface area contributed by atoms with Gasteiger partial charge in [-0.2, -0.15) is 13.2 Å². The molecule has 27 heavy (non-hydrogen) atoms. The maximum absolute atomic E-state index is 12.6. The summed E-state index contributed by atoms with van der Waals surface area (Å²) in [5.41, 5.74) is 0.887. The lowest BCUT2D eigenvalue weighted by Crippen LogP contribution is -2.37. The summed E-state index contributed by atoms with van der Waals surface area (Å²) in [7, 11) is 0. The van der Waals surface area contributed by atoms with Crippen LogP contribution in [-0.4, -0.2) is 29.0 Å². The molecule has 3 heterocycles. The minimum Gasteiger partial charge on any atom is -0.352 e. The first kappa shape index (κ1) is 18.9. The second-order valence-corrected chi connectivity index (χ2v) is 6.49. The first-order valence-corrected chi connectivity index (χ1v) is 8.47. The highest BCUT2D eigenvalue weighted by atomic mass is 19.4. The van der Waals surface area contributed by atoms with Crippen molar-refractivity contribution in [1.82, 2.24) is 9.97 Å². The molecular formula is C19H19F3N4O. The van der Waals surface area contributed by atoms with E-state index in [1.54, 1.807) is 6.20 Å². The van der Waals surface area contributed by atoms with Crippen molar-refractivity contribution in [3.05, 3.63) is 59.6 Å². The third-order valence-corrected chi connectivity index (χ3v) is 4.41. The Hall–Kier alpha value is -2.90. The monoisotopic (exact) mass is 376 g/mol. The molecule has 0 saturated heterocycles. The van der Waals surface area contributed by atoms with Crippen LogP contribution in [0.25, 0.3) is 0 Å². The van der Waals surface area contributed by atoms with Gasteiger partial charge >= 0.3 is 6.18 Å². The summed E-state index contributed by atoms with van der Waals surface area (Å²) in [6.07, 6.45) is 0.0695. The fraction of sp³-hybridized carbons (Fsp3) is 0.316. The predicted molar refractivity (Wildman–Crippen MR) is 96.3 cm³/mol. The molecular weight excluding hydrogens is 357 g/mol. The smallest absolute Gasteiger partial charge is 0.352 e. The number of nitrogens with zero attached hydrogens (tertiary/aromatic N) is 3. The van der Waals surface area contributed by atoms with Crippen LogP contribution in [0, 0.1) is 12.8 Å². The van der Waals surface area contributed by atoms with E-state index in [0.29, 0.717) is 18.7 Å². The number of carbonyl (C=O) groups is 1. The van der Waals surface area contributed by atoms with Gasteiger partial charge in [-0.05, 0) is 30.7 Å². The molecule has 142 valence electrons. The predicted octanol–water partition coefficient (Wildman–Crippen LogP) is 3.83. The van der Waals surface area contributed by atoms with Crippen LogP contribution in [-0.2, 0) is 11.0 Å². The first-order chi connectivity index (χ1) is 12.8. The quantitative estimate of drug-likeness (QED) is 0.885. The summed E-state index contributed by atoms with van der Waals surface area (Å²) >= 11 is 0. The lowest BCUT2D eigenvalue weighted by molar-refractivity contribution is -0.141. The van der Waals surface area contributed by atoms with E-state index in [1.807, 2.05) is 32.1 Å². The van der Waals surface area contributed by atoms with Gasteiger partial charge in [-0.3, -0.25) is 4.79 Å². The lowest BCUT2D eigenvalue weighted by atomic mass is 9.95. The minimum absolute atomic E-state index is 0.0532. The molecule has 1 aliphatic rings. The van der Waals surface area contributed by atoms with Crippen molar-refractivity contribution in [2.24, 2.45) is 5.92 Å². The number of pyridine rings is 2. The number of rotatable bonds is 3. The number of hydrogen-bond acceptors (Lipinski definition) is 4. The molecule has 0 bridgehead atoms. The lowest BCUT2D eigenvalue weighted by Gasteiger charge is -2.32. The Labute approximate surface area is 154 Å². The summed E-state index contributed by atoms with van der Waals surface area (Å²) < 4.78 is 37.7. The van der Waals surface area contributed by atoms with Crippen LogP contribution in [0.2, 0.25) is 0 Å². The van der Waals surface area contributed by atoms with Crippen molar-refractivity contribution >= 4 is 17.4 Å². The van der Waals surface area contributed by atoms with E-state index in [9.17, 15) is 18.0 Å². The highest BCUT2D eigenvalue weighted by Gasteiger charge is 2.32. The standard InChI is InChI=1S/C19H19F3N4O/c1-12-4-3-8-23-17(12)26-9-7-15(13(2)11-26)18(27)25-14-5-6-16(24-10-14)19(20,21)22/h3-8,10,13H,9,11H2,1-2H3,(H,25,27)/t13-/m1/s1. The molecule has 0 saturated carbocycles. The number of hydrogen-bond donors (Lipinski definition) is 1. The molecule has 1 atom stereocenters. The molecule has 0 unspecified atom stereocenters. The fourth-order valence-corrected chi connectivity index (χ4v) is 3.05. The summed E-state index contributed by atoms with van der Waals surface area (Å²) in [4.78, 5) is 22.4. The van der Waals surface area contributed by atoms with Crippen molar-refractivity contribution in [2.75, 3.05) is 23.3 Å². The third kappa shape index (κ3) is 4.27. The van der Waals surface area contributed by atoms with Gasteiger partial charge in [-0.25, -0.2) is 9.97 Å². The van der Waals surface area contributed by atoms with Crippen molar-refractivity contribution < 1.29 is 18.0 Å². The van der Waals surface area contributed by atoms with Gasteiger partial charge in [0, 0.05) is 30.8 Å². The van der Waals surface area contributed by atoms with Crippen LogP contribution in [0.5, 0.6) is 0 Å². The van der Waals surface area contributed by atoms with Gasteiger partial charge in [0.25, 0.3) is 5.91 Å². The topological polar surface area (TPSA) is 58.1 Å². The van der Waals surface area contributed by atoms with Crippen molar-refractivity contribution in [2.45, 2.75) is 20.0 Å². The van der Waals surface area contributed by atoms with E-state index in [-0.39, 0.29) is 17.5 Å². The van der Waals surface area contributed by atoms with Gasteiger partial charge in [0.1, 0.15) is 11.5 Å². The zero-order valence-corrected chi connectivity index (χ0v) is 14.9. The van der Waals surface area contributed by atoms with Crippen LogP contribution < -0.4 is 10.2 Å². The van der Waals surface area contributed by atoms with Crippen molar-refractivity contribution in [3.8, 4) is 0 Å². The van der Waals surface area contributed by atoms with Crippen molar-refractivity contribution in [3.63, 3.8) is 0 Å². The number of halogens is 3. The molecule has 0 radical (unpaired) electrons. The zero-order valence-electron chi connectivity index (χ0n) is 14.9. The minimum atomic E-state index is -4.50. The molecule has 8 heteroatoms. The van der Waals surface area contributed by atoms with E-state index in [0.717, 1.165) is 23.6 Å². The number of amides is 1. The van der Waals surface area contributed by atoms with E-state index in [2.05, 4.69) is 20.2 Å². The Kier molecular flexibility index (Phi) is 5.16. The van der Waals surface area contributed by atoms with Gasteiger partial charge < -0.3 is 10.2 Å². The summed E-state index contributed by atoms with van der Waals surface area (Å²) in [6, 6.07) is 5.90. The average Bonchev–Trinajstić information content (AvgIpc) is 2.61. The largest absolute Gasteiger partial charge is 0.433 e. The average molecular weight is 376 g/mol. The molecule has 2 aromatic rings. The van der Waals surface area contributed by atoms with Crippen LogP contribution in [0.4, 0.5) is 24.7 Å². The highest BCUT2D eigenvalue weighted by Crippen LogP contribution is 2.28. The Morgan fingerprint density at radius 3 is 2.63 bits per heavy atom. The van der Waals surface area contributed by atoms with Gasteiger partial charge in [0.15, 0.2) is 0 Å². The molecule has 0 aliphatic carbocycles. The second kappa shape index (κ2) is 7.38. The van der Waals surface area contributed by atoms with Crippen LogP contribution in [0.1, 0.15) is 18.2 Å². The van der Waals surface area contributed by atoms with Crippen LogP contribution >= 0.6 is 0 Å². The number of carbonyl (C=O) groups excluding carboxylic acids is 1. The van der Waals surface area contributed by atoms with Gasteiger partial charge in [0.2, 0.25) is 0 Å². The SMILES string of the molecule is Cc1cccnc1N1CC=C(C(=O)Nc2ccc(C(F)(F)F)nc2)[C@H](C)C1. The Balaban J connectivity index is 1.69.